The van der Waals surface area contributed by atoms with Crippen molar-refractivity contribution in [3.05, 3.63) is 65.0 Å². The summed E-state index contributed by atoms with van der Waals surface area (Å²) < 4.78 is 19.4. The molecule has 1 aliphatic rings. The SMILES string of the molecule is CC(=O)N[C@@H](Cc1cccc(F)c1)[C@@H](O)CN[C@H]1CCOc2ccc(CC(C)(C)C)cc21. The molecule has 6 heteroatoms. The molecule has 5 nitrogen and oxygen atoms in total. The van der Waals surface area contributed by atoms with Crippen molar-refractivity contribution in [2.75, 3.05) is 13.2 Å². The van der Waals surface area contributed by atoms with Gasteiger partial charge in [0.25, 0.3) is 0 Å². The first kappa shape index (κ1) is 24.2. The van der Waals surface area contributed by atoms with Crippen molar-refractivity contribution in [2.24, 2.45) is 5.41 Å². The van der Waals surface area contributed by atoms with Crippen molar-refractivity contribution < 1.29 is 19.0 Å². The van der Waals surface area contributed by atoms with Crippen LogP contribution in [0.5, 0.6) is 5.75 Å². The van der Waals surface area contributed by atoms with Gasteiger partial charge >= 0.3 is 0 Å². The summed E-state index contributed by atoms with van der Waals surface area (Å²) in [4.78, 5) is 11.7. The van der Waals surface area contributed by atoms with Crippen LogP contribution in [0.1, 0.15) is 56.8 Å². The van der Waals surface area contributed by atoms with E-state index in [9.17, 15) is 14.3 Å². The van der Waals surface area contributed by atoms with Gasteiger partial charge in [-0.1, -0.05) is 45.0 Å². The number of amides is 1. The second kappa shape index (κ2) is 10.5. The number of rotatable bonds is 8. The summed E-state index contributed by atoms with van der Waals surface area (Å²) in [5.74, 6) is 0.314. The molecule has 1 aliphatic heterocycles. The summed E-state index contributed by atoms with van der Waals surface area (Å²) >= 11 is 0. The first-order valence-electron chi connectivity index (χ1n) is 11.3. The predicted molar refractivity (Wildman–Crippen MR) is 124 cm³/mol. The number of aliphatic hydroxyl groups excluding tert-OH is 1. The van der Waals surface area contributed by atoms with Gasteiger partial charge < -0.3 is 20.5 Å². The van der Waals surface area contributed by atoms with Crippen LogP contribution in [0, 0.1) is 11.2 Å². The zero-order chi connectivity index (χ0) is 23.3. The standard InChI is InChI=1S/C26H35FN2O3/c1-17(30)29-23(14-18-6-5-7-20(27)12-18)24(31)16-28-22-10-11-32-25-9-8-19(13-21(22)25)15-26(2,3)4/h5-9,12-13,22-24,28,31H,10-11,14-16H2,1-4H3,(H,29,30)/t22-,23-,24-/m0/s1. The molecule has 0 radical (unpaired) electrons. The summed E-state index contributed by atoms with van der Waals surface area (Å²) in [7, 11) is 0. The largest absolute Gasteiger partial charge is 0.493 e. The van der Waals surface area contributed by atoms with Crippen LogP contribution in [0.25, 0.3) is 0 Å². The van der Waals surface area contributed by atoms with Gasteiger partial charge in [-0.3, -0.25) is 4.79 Å². The van der Waals surface area contributed by atoms with Crippen LogP contribution >= 0.6 is 0 Å². The zero-order valence-corrected chi connectivity index (χ0v) is 19.5. The smallest absolute Gasteiger partial charge is 0.217 e. The highest BCUT2D eigenvalue weighted by molar-refractivity contribution is 5.73. The lowest BCUT2D eigenvalue weighted by atomic mass is 9.86. The van der Waals surface area contributed by atoms with Crippen molar-refractivity contribution in [1.29, 1.82) is 0 Å². The van der Waals surface area contributed by atoms with Gasteiger partial charge in [-0.2, -0.15) is 0 Å². The number of benzene rings is 2. The normalized spacial score (nSPS) is 17.8. The fourth-order valence-electron chi connectivity index (χ4n) is 4.25. The highest BCUT2D eigenvalue weighted by Crippen LogP contribution is 2.34. The summed E-state index contributed by atoms with van der Waals surface area (Å²) in [6, 6.07) is 12.1. The maximum absolute atomic E-state index is 13.6. The monoisotopic (exact) mass is 442 g/mol. The molecule has 1 heterocycles. The van der Waals surface area contributed by atoms with E-state index in [1.165, 1.54) is 24.6 Å². The van der Waals surface area contributed by atoms with Gasteiger partial charge in [0, 0.05) is 31.5 Å². The molecular weight excluding hydrogens is 407 g/mol. The number of aliphatic hydroxyl groups is 1. The van der Waals surface area contributed by atoms with E-state index in [1.807, 2.05) is 6.07 Å². The van der Waals surface area contributed by atoms with Gasteiger partial charge in [0.2, 0.25) is 5.91 Å². The van der Waals surface area contributed by atoms with Crippen molar-refractivity contribution >= 4 is 5.91 Å². The van der Waals surface area contributed by atoms with Crippen molar-refractivity contribution in [3.8, 4) is 5.75 Å². The van der Waals surface area contributed by atoms with Gasteiger partial charge in [0.15, 0.2) is 0 Å². The Labute approximate surface area is 190 Å². The molecule has 32 heavy (non-hydrogen) atoms. The molecule has 2 aromatic rings. The minimum Gasteiger partial charge on any atom is -0.493 e. The van der Waals surface area contributed by atoms with E-state index < -0.39 is 12.1 Å². The van der Waals surface area contributed by atoms with E-state index in [2.05, 4.69) is 43.5 Å². The number of carbonyl (C=O) groups is 1. The quantitative estimate of drug-likeness (QED) is 0.579. The van der Waals surface area contributed by atoms with E-state index in [-0.39, 0.29) is 23.2 Å². The topological polar surface area (TPSA) is 70.6 Å². The van der Waals surface area contributed by atoms with Crippen LogP contribution in [0.3, 0.4) is 0 Å². The van der Waals surface area contributed by atoms with Gasteiger partial charge in [-0.15, -0.1) is 0 Å². The third-order valence-corrected chi connectivity index (χ3v) is 5.62. The Balaban J connectivity index is 1.69. The highest BCUT2D eigenvalue weighted by atomic mass is 19.1. The van der Waals surface area contributed by atoms with Gasteiger partial charge in [0.05, 0.1) is 18.8 Å². The fraction of sp³-hybridized carbons (Fsp3) is 0.500. The summed E-state index contributed by atoms with van der Waals surface area (Å²) in [5.41, 5.74) is 3.28. The van der Waals surface area contributed by atoms with Gasteiger partial charge in [0.1, 0.15) is 11.6 Å². The lowest BCUT2D eigenvalue weighted by molar-refractivity contribution is -0.120. The first-order valence-corrected chi connectivity index (χ1v) is 11.3. The molecular formula is C26H35FN2O3. The Morgan fingerprint density at radius 3 is 2.69 bits per heavy atom. The Morgan fingerprint density at radius 2 is 2.00 bits per heavy atom. The Kier molecular flexibility index (Phi) is 7.91. The molecule has 0 aromatic heterocycles. The summed E-state index contributed by atoms with van der Waals surface area (Å²) in [6.07, 6.45) is 1.29. The molecule has 0 aliphatic carbocycles. The van der Waals surface area contributed by atoms with Crippen LogP contribution < -0.4 is 15.4 Å². The van der Waals surface area contributed by atoms with Crippen LogP contribution in [0.2, 0.25) is 0 Å². The molecule has 0 saturated carbocycles. The van der Waals surface area contributed by atoms with E-state index >= 15 is 0 Å². The van der Waals surface area contributed by atoms with E-state index in [0.29, 0.717) is 19.6 Å². The third-order valence-electron chi connectivity index (χ3n) is 5.62. The van der Waals surface area contributed by atoms with Crippen LogP contribution in [0.4, 0.5) is 4.39 Å². The molecule has 0 saturated heterocycles. The van der Waals surface area contributed by atoms with Crippen molar-refractivity contribution in [2.45, 2.75) is 65.1 Å². The predicted octanol–water partition coefficient (Wildman–Crippen LogP) is 3.94. The molecule has 0 bridgehead atoms. The fourth-order valence-corrected chi connectivity index (χ4v) is 4.25. The Morgan fingerprint density at radius 1 is 1.22 bits per heavy atom. The maximum atomic E-state index is 13.6. The second-order valence-electron chi connectivity index (χ2n) is 9.92. The molecule has 174 valence electrons. The number of hydrogen-bond donors (Lipinski definition) is 3. The molecule has 0 spiro atoms. The zero-order valence-electron chi connectivity index (χ0n) is 19.5. The number of hydrogen-bond acceptors (Lipinski definition) is 4. The number of carbonyl (C=O) groups excluding carboxylic acids is 1. The van der Waals surface area contributed by atoms with E-state index in [4.69, 9.17) is 4.74 Å². The lowest BCUT2D eigenvalue weighted by Gasteiger charge is -2.30. The summed E-state index contributed by atoms with van der Waals surface area (Å²) in [6.45, 7) is 8.98. The van der Waals surface area contributed by atoms with E-state index in [1.54, 1.807) is 12.1 Å². The van der Waals surface area contributed by atoms with Crippen molar-refractivity contribution in [3.63, 3.8) is 0 Å². The van der Waals surface area contributed by atoms with Crippen LogP contribution in [-0.2, 0) is 17.6 Å². The number of fused-ring (bicyclic) bond motifs is 1. The molecule has 0 fully saturated rings. The number of halogens is 1. The maximum Gasteiger partial charge on any atom is 0.217 e. The minimum absolute atomic E-state index is 0.0560. The molecule has 3 N–H and O–H groups in total. The average molecular weight is 443 g/mol. The highest BCUT2D eigenvalue weighted by Gasteiger charge is 2.26. The molecule has 1 amide bonds. The lowest BCUT2D eigenvalue weighted by Crippen LogP contribution is -2.48. The van der Waals surface area contributed by atoms with E-state index in [0.717, 1.165) is 29.7 Å². The number of ether oxygens (including phenoxy) is 1. The third kappa shape index (κ3) is 7.04. The number of nitrogens with one attached hydrogen (secondary N) is 2. The van der Waals surface area contributed by atoms with Gasteiger partial charge in [-0.05, 0) is 47.6 Å². The van der Waals surface area contributed by atoms with Gasteiger partial charge in [-0.25, -0.2) is 4.39 Å². The molecule has 2 aromatic carbocycles. The van der Waals surface area contributed by atoms with Crippen LogP contribution in [-0.4, -0.2) is 36.3 Å². The first-order chi connectivity index (χ1) is 15.1. The average Bonchev–Trinajstić information content (AvgIpc) is 2.70. The van der Waals surface area contributed by atoms with Crippen molar-refractivity contribution in [1.82, 2.24) is 10.6 Å². The summed E-state index contributed by atoms with van der Waals surface area (Å²) in [5, 5.41) is 17.1. The van der Waals surface area contributed by atoms with Crippen LogP contribution in [0.15, 0.2) is 42.5 Å². The molecule has 3 atom stereocenters. The second-order valence-corrected chi connectivity index (χ2v) is 9.92. The Bertz CT molecular complexity index is 926. The Hall–Kier alpha value is -2.44. The molecule has 0 unspecified atom stereocenters. The molecule has 3 rings (SSSR count). The minimum atomic E-state index is -0.828.